The fourth-order valence-electron chi connectivity index (χ4n) is 4.30. The standard InChI is InChI=1S/C22H19BrClF3N4O4S/c1-2-33-20-17(31-7-13(29-30-31)9-3-11(25)16(27)12(26)4-9)19-18(14(32)8-34-19)35-22(20)36-15-5-10(24)6-28-21(15)23/h3-7,14,17-20,22,32H,2,8H2,1H3/t14?,17?,18?,19-,20?,22-/m1/s1. The van der Waals surface area contributed by atoms with Gasteiger partial charge in [-0.3, -0.25) is 0 Å². The van der Waals surface area contributed by atoms with E-state index in [0.717, 1.165) is 12.1 Å². The number of aromatic nitrogens is 4. The Hall–Kier alpha value is -1.74. The molecule has 2 aliphatic rings. The molecule has 8 nitrogen and oxygen atoms in total. The first-order valence-corrected chi connectivity index (χ1v) is 12.9. The number of aliphatic hydroxyl groups excluding tert-OH is 1. The first kappa shape index (κ1) is 25.9. The highest BCUT2D eigenvalue weighted by Crippen LogP contribution is 2.45. The Bertz CT molecular complexity index is 1250. The number of pyridine rings is 1. The van der Waals surface area contributed by atoms with Crippen LogP contribution < -0.4 is 0 Å². The zero-order valence-corrected chi connectivity index (χ0v) is 21.7. The second kappa shape index (κ2) is 10.6. The Morgan fingerprint density at radius 3 is 2.72 bits per heavy atom. The summed E-state index contributed by atoms with van der Waals surface area (Å²) in [7, 11) is 0. The molecule has 5 rings (SSSR count). The number of fused-ring (bicyclic) bond motifs is 1. The lowest BCUT2D eigenvalue weighted by atomic mass is 9.95. The summed E-state index contributed by atoms with van der Waals surface area (Å²) < 4.78 is 61.3. The predicted molar refractivity (Wildman–Crippen MR) is 127 cm³/mol. The lowest BCUT2D eigenvalue weighted by molar-refractivity contribution is -0.176. The van der Waals surface area contributed by atoms with Crippen LogP contribution in [0.5, 0.6) is 0 Å². The summed E-state index contributed by atoms with van der Waals surface area (Å²) in [6, 6.07) is 2.79. The number of ether oxygens (including phenoxy) is 3. The van der Waals surface area contributed by atoms with Crippen molar-refractivity contribution in [1.29, 1.82) is 0 Å². The van der Waals surface area contributed by atoms with Gasteiger partial charge < -0.3 is 19.3 Å². The van der Waals surface area contributed by atoms with Gasteiger partial charge in [-0.05, 0) is 41.1 Å². The van der Waals surface area contributed by atoms with Crippen LogP contribution in [0.1, 0.15) is 13.0 Å². The van der Waals surface area contributed by atoms with Gasteiger partial charge in [0.1, 0.15) is 46.2 Å². The molecule has 0 aliphatic carbocycles. The fourth-order valence-corrected chi connectivity index (χ4v) is 6.17. The maximum Gasteiger partial charge on any atom is 0.194 e. The average Bonchev–Trinajstić information content (AvgIpc) is 3.47. The molecule has 2 fully saturated rings. The summed E-state index contributed by atoms with van der Waals surface area (Å²) >= 11 is 10.8. The van der Waals surface area contributed by atoms with Gasteiger partial charge in [0, 0.05) is 23.3 Å². The van der Waals surface area contributed by atoms with Gasteiger partial charge in [0.05, 0.1) is 17.8 Å². The number of hydrogen-bond donors (Lipinski definition) is 1. The summed E-state index contributed by atoms with van der Waals surface area (Å²) in [5.74, 6) is -4.24. The molecule has 0 radical (unpaired) electrons. The highest BCUT2D eigenvalue weighted by Gasteiger charge is 2.54. The van der Waals surface area contributed by atoms with Crippen LogP contribution in [0.3, 0.4) is 0 Å². The minimum absolute atomic E-state index is 0.0152. The number of hydrogen-bond acceptors (Lipinski definition) is 8. The maximum absolute atomic E-state index is 13.8. The molecule has 4 unspecified atom stereocenters. The number of halogens is 5. The molecule has 1 aromatic carbocycles. The Morgan fingerprint density at radius 2 is 2.00 bits per heavy atom. The lowest BCUT2D eigenvalue weighted by Crippen LogP contribution is -2.55. The Morgan fingerprint density at radius 1 is 1.25 bits per heavy atom. The van der Waals surface area contributed by atoms with Gasteiger partial charge in [-0.1, -0.05) is 28.6 Å². The summed E-state index contributed by atoms with van der Waals surface area (Å²) in [5, 5.41) is 19.2. The van der Waals surface area contributed by atoms with Crippen molar-refractivity contribution in [2.24, 2.45) is 0 Å². The van der Waals surface area contributed by atoms with E-state index in [4.69, 9.17) is 25.8 Å². The van der Waals surface area contributed by atoms with Crippen LogP contribution >= 0.6 is 39.3 Å². The first-order valence-electron chi connectivity index (χ1n) is 10.9. The monoisotopic (exact) mass is 606 g/mol. The molecule has 2 aromatic heterocycles. The topological polar surface area (TPSA) is 91.5 Å². The zero-order valence-electron chi connectivity index (χ0n) is 18.5. The SMILES string of the molecule is CCOC1C(n2cc(-c3cc(F)c(F)c(F)c3)nn2)[C@H]2OCC(O)C2O[C@@H]1Sc1cc(Cl)cnc1Br. The van der Waals surface area contributed by atoms with Crippen LogP contribution in [0.25, 0.3) is 11.3 Å². The summed E-state index contributed by atoms with van der Waals surface area (Å²) in [6.07, 6.45) is 0.0795. The highest BCUT2D eigenvalue weighted by molar-refractivity contribution is 9.10. The number of rotatable bonds is 6. The molecule has 0 bridgehead atoms. The summed E-state index contributed by atoms with van der Waals surface area (Å²) in [4.78, 5) is 4.90. The van der Waals surface area contributed by atoms with Crippen LogP contribution in [0.15, 0.2) is 40.1 Å². The fraction of sp³-hybridized carbons (Fsp3) is 0.409. The van der Waals surface area contributed by atoms with Gasteiger partial charge in [0.25, 0.3) is 0 Å². The molecule has 192 valence electrons. The smallest absolute Gasteiger partial charge is 0.194 e. The van der Waals surface area contributed by atoms with E-state index in [0.29, 0.717) is 21.1 Å². The van der Waals surface area contributed by atoms with Crippen LogP contribution in [-0.2, 0) is 14.2 Å². The molecule has 0 saturated carbocycles. The van der Waals surface area contributed by atoms with E-state index in [9.17, 15) is 18.3 Å². The number of thioether (sulfide) groups is 1. The minimum Gasteiger partial charge on any atom is -0.388 e. The van der Waals surface area contributed by atoms with Gasteiger partial charge in [-0.25, -0.2) is 22.8 Å². The first-order chi connectivity index (χ1) is 17.3. The third-order valence-corrected chi connectivity index (χ3v) is 8.14. The van der Waals surface area contributed by atoms with Crippen molar-refractivity contribution in [2.75, 3.05) is 13.2 Å². The molecular formula is C22H19BrClF3N4O4S. The molecule has 3 aromatic rings. The molecule has 0 amide bonds. The lowest BCUT2D eigenvalue weighted by Gasteiger charge is -2.43. The Balaban J connectivity index is 1.52. The van der Waals surface area contributed by atoms with E-state index in [2.05, 4.69) is 31.2 Å². The molecule has 36 heavy (non-hydrogen) atoms. The van der Waals surface area contributed by atoms with E-state index in [1.807, 2.05) is 6.92 Å². The van der Waals surface area contributed by atoms with Gasteiger partial charge >= 0.3 is 0 Å². The molecular weight excluding hydrogens is 589 g/mol. The largest absolute Gasteiger partial charge is 0.388 e. The second-order valence-corrected chi connectivity index (χ2v) is 10.5. The normalized spacial score (nSPS) is 27.9. The minimum atomic E-state index is -1.57. The Kier molecular flexibility index (Phi) is 7.59. The third kappa shape index (κ3) is 4.89. The number of nitrogens with zero attached hydrogens (tertiary/aromatic N) is 4. The summed E-state index contributed by atoms with van der Waals surface area (Å²) in [6.45, 7) is 2.19. The van der Waals surface area contributed by atoms with Crippen LogP contribution in [0.4, 0.5) is 13.2 Å². The quantitative estimate of drug-likeness (QED) is 0.326. The van der Waals surface area contributed by atoms with E-state index in [1.54, 1.807) is 6.07 Å². The molecule has 14 heteroatoms. The van der Waals surface area contributed by atoms with E-state index >= 15 is 0 Å². The summed E-state index contributed by atoms with van der Waals surface area (Å²) in [5.41, 5.74) is -0.505. The third-order valence-electron chi connectivity index (χ3n) is 5.87. The van der Waals surface area contributed by atoms with E-state index in [-0.39, 0.29) is 17.9 Å². The van der Waals surface area contributed by atoms with Crippen molar-refractivity contribution in [3.63, 3.8) is 0 Å². The van der Waals surface area contributed by atoms with Crippen molar-refractivity contribution >= 4 is 39.3 Å². The zero-order chi connectivity index (χ0) is 25.6. The molecule has 4 heterocycles. The van der Waals surface area contributed by atoms with E-state index < -0.39 is 53.3 Å². The van der Waals surface area contributed by atoms with Gasteiger partial charge in [-0.15, -0.1) is 5.10 Å². The van der Waals surface area contributed by atoms with Crippen LogP contribution in [-0.4, -0.2) is 68.2 Å². The van der Waals surface area contributed by atoms with Gasteiger partial charge in [0.2, 0.25) is 0 Å². The maximum atomic E-state index is 13.8. The van der Waals surface area contributed by atoms with E-state index in [1.165, 1.54) is 28.8 Å². The Labute approximate surface area is 221 Å². The molecule has 0 spiro atoms. The average molecular weight is 608 g/mol. The number of aliphatic hydroxyl groups is 1. The second-order valence-electron chi connectivity index (χ2n) is 8.14. The predicted octanol–water partition coefficient (Wildman–Crippen LogP) is 4.40. The van der Waals surface area contributed by atoms with Crippen LogP contribution in [0, 0.1) is 17.5 Å². The highest BCUT2D eigenvalue weighted by atomic mass is 79.9. The van der Waals surface area contributed by atoms with Gasteiger partial charge in [-0.2, -0.15) is 0 Å². The molecule has 2 saturated heterocycles. The molecule has 2 aliphatic heterocycles. The van der Waals surface area contributed by atoms with Crippen molar-refractivity contribution < 1.29 is 32.5 Å². The molecule has 6 atom stereocenters. The number of benzene rings is 1. The van der Waals surface area contributed by atoms with Crippen molar-refractivity contribution in [2.45, 2.75) is 47.7 Å². The van der Waals surface area contributed by atoms with Gasteiger partial charge in [0.15, 0.2) is 17.5 Å². The van der Waals surface area contributed by atoms with Crippen LogP contribution in [0.2, 0.25) is 5.02 Å². The van der Waals surface area contributed by atoms with Crippen molar-refractivity contribution in [3.05, 3.63) is 57.7 Å². The van der Waals surface area contributed by atoms with Crippen molar-refractivity contribution in [1.82, 2.24) is 20.0 Å². The van der Waals surface area contributed by atoms with Crippen molar-refractivity contribution in [3.8, 4) is 11.3 Å². The molecule has 1 N–H and O–H groups in total.